The largest absolute Gasteiger partial charge is 0.400 e. The van der Waals surface area contributed by atoms with Crippen molar-refractivity contribution in [2.75, 3.05) is 104 Å². The number of hydrogen-bond donors (Lipinski definition) is 3. The molecule has 0 spiro atoms. The summed E-state index contributed by atoms with van der Waals surface area (Å²) < 4.78 is 79.5. The number of nitrogens with zero attached hydrogens (tertiary/aromatic N) is 8. The lowest BCUT2D eigenvalue weighted by atomic mass is 10.0. The molecule has 2 aromatic heterocycles. The number of aromatic nitrogens is 2. The average Bonchev–Trinajstić information content (AvgIpc) is 0.875. The molecule has 10 rings (SSSR count). The van der Waals surface area contributed by atoms with E-state index in [2.05, 4.69) is 50.8 Å². The van der Waals surface area contributed by atoms with Crippen LogP contribution in [0.2, 0.25) is 0 Å². The summed E-state index contributed by atoms with van der Waals surface area (Å²) in [7, 11) is 0. The van der Waals surface area contributed by atoms with Crippen LogP contribution in [0.15, 0.2) is 122 Å². The maximum Gasteiger partial charge on any atom is 0.307 e. The summed E-state index contributed by atoms with van der Waals surface area (Å²) in [4.78, 5) is 58.3. The van der Waals surface area contributed by atoms with Crippen LogP contribution in [0, 0.1) is 49.3 Å². The highest BCUT2D eigenvalue weighted by Crippen LogP contribution is 2.32. The van der Waals surface area contributed by atoms with Crippen molar-refractivity contribution >= 4 is 98.2 Å². The number of halogens is 10. The lowest BCUT2D eigenvalue weighted by Crippen LogP contribution is -2.30. The number of carbonyl (C=O) groups excluding carboxylic acids is 2. The second-order valence-electron chi connectivity index (χ2n) is 20.3. The Balaban J connectivity index is 0.00000109. The molecule has 4 N–H and O–H groups in total. The number of hydrogen-bond acceptors (Lipinski definition) is 14. The van der Waals surface area contributed by atoms with E-state index in [1.165, 1.54) is 133 Å². The molecular formula is C66H90Cl4F6N10O7. The lowest BCUT2D eigenvalue weighted by molar-refractivity contribution is -0.387. The number of aliphatic hydroxyl groups excluding tert-OH is 1. The van der Waals surface area contributed by atoms with E-state index < -0.39 is 45.4 Å². The van der Waals surface area contributed by atoms with Crippen LogP contribution >= 0.6 is 47.2 Å². The molecule has 3 aliphatic heterocycles. The Morgan fingerprint density at radius 1 is 0.559 bits per heavy atom. The molecule has 4 aromatic carbocycles. The molecule has 93 heavy (non-hydrogen) atoms. The molecule has 5 heterocycles. The van der Waals surface area contributed by atoms with Gasteiger partial charge in [-0.1, -0.05) is 59.3 Å². The highest BCUT2D eigenvalue weighted by Gasteiger charge is 2.22. The van der Waals surface area contributed by atoms with Gasteiger partial charge in [-0.15, -0.1) is 35.6 Å². The van der Waals surface area contributed by atoms with Crippen LogP contribution in [0.3, 0.4) is 0 Å². The first-order valence-electron chi connectivity index (χ1n) is 31.1. The van der Waals surface area contributed by atoms with Gasteiger partial charge in [0.2, 0.25) is 5.82 Å². The Hall–Kier alpha value is -7.02. The number of nitrogen functional groups attached to an aromatic ring is 1. The number of carbonyl (C=O) groups is 2. The van der Waals surface area contributed by atoms with Crippen LogP contribution in [-0.4, -0.2) is 119 Å². The Labute approximate surface area is 566 Å². The molecular weight excluding hydrogens is 1300 g/mol. The Morgan fingerprint density at radius 2 is 0.882 bits per heavy atom. The number of nitrogens with two attached hydrogens (primary N) is 1. The molecule has 0 atom stereocenters. The third-order valence-corrected chi connectivity index (χ3v) is 14.4. The summed E-state index contributed by atoms with van der Waals surface area (Å²) in [5.41, 5.74) is 9.23. The summed E-state index contributed by atoms with van der Waals surface area (Å²) in [6.45, 7) is 15.7. The molecule has 0 unspecified atom stereocenters. The van der Waals surface area contributed by atoms with Gasteiger partial charge in [0.1, 0.15) is 29.0 Å². The topological polar surface area (TPSA) is 217 Å². The van der Waals surface area contributed by atoms with Gasteiger partial charge in [0, 0.05) is 82.3 Å². The van der Waals surface area contributed by atoms with E-state index >= 15 is 0 Å². The van der Waals surface area contributed by atoms with Crippen molar-refractivity contribution in [3.05, 3.63) is 182 Å². The van der Waals surface area contributed by atoms with Crippen LogP contribution in [0.5, 0.6) is 0 Å². The monoisotopic (exact) mass is 1390 g/mol. The molecule has 27 heteroatoms. The maximum absolute atomic E-state index is 13.6. The molecule has 516 valence electrons. The van der Waals surface area contributed by atoms with Gasteiger partial charge < -0.3 is 35.8 Å². The highest BCUT2D eigenvalue weighted by atomic mass is 35.5. The van der Waals surface area contributed by atoms with Crippen LogP contribution in [0.1, 0.15) is 139 Å². The predicted octanol–water partition coefficient (Wildman–Crippen LogP) is 17.6. The number of amides is 1. The summed E-state index contributed by atoms with van der Waals surface area (Å²) in [5, 5.41) is 30.4. The Kier molecular flexibility index (Phi) is 47.3. The quantitative estimate of drug-likeness (QED) is 0.0275. The minimum Gasteiger partial charge on any atom is -0.400 e. The van der Waals surface area contributed by atoms with E-state index in [1.54, 1.807) is 48.8 Å². The molecule has 6 aromatic rings. The van der Waals surface area contributed by atoms with Gasteiger partial charge in [-0.2, -0.15) is 4.39 Å². The summed E-state index contributed by atoms with van der Waals surface area (Å²) >= 11 is 14.7. The smallest absolute Gasteiger partial charge is 0.307 e. The number of nitro benzene ring substituents is 2. The normalized spacial score (nSPS) is 13.6. The van der Waals surface area contributed by atoms with Crippen LogP contribution < -0.4 is 25.8 Å². The number of benzene rings is 4. The molecule has 17 nitrogen and oxygen atoms in total. The zero-order chi connectivity index (χ0) is 69.3. The fraction of sp³-hybridized carbons (Fsp3) is 0.455. The van der Waals surface area contributed by atoms with Crippen molar-refractivity contribution in [3.63, 3.8) is 0 Å². The van der Waals surface area contributed by atoms with Gasteiger partial charge in [-0.25, -0.2) is 17.6 Å². The summed E-state index contributed by atoms with van der Waals surface area (Å²) in [5.74, 6) is -3.29. The zero-order valence-electron chi connectivity index (χ0n) is 54.3. The second-order valence-corrected chi connectivity index (χ2v) is 21.4. The first-order valence-corrected chi connectivity index (χ1v) is 31.8. The highest BCUT2D eigenvalue weighted by molar-refractivity contribution is 6.67. The van der Waals surface area contributed by atoms with Crippen LogP contribution in [0.25, 0.3) is 0 Å². The molecule has 1 amide bonds. The number of anilines is 5. The van der Waals surface area contributed by atoms with Gasteiger partial charge in [0.25, 0.3) is 16.8 Å². The number of pyridine rings is 2. The first-order chi connectivity index (χ1) is 44.8. The van der Waals surface area contributed by atoms with E-state index in [0.29, 0.717) is 40.3 Å². The van der Waals surface area contributed by atoms with Gasteiger partial charge in [-0.3, -0.25) is 44.2 Å². The molecule has 0 bridgehead atoms. The molecule has 1 aliphatic carbocycles. The SMILES string of the molecule is C1CCCCC1.CCN(CC)CC.CO.Cl.ClCCl.Nc1cc(F)ccc1N1CCCCC1.O=C(Cl)c1ccncc1.O=C(Nc1cc(F)ccc1N1CCCCC1)c1ccncc1.O=[N+]([O-])c1cc(F)ccc1F.O=[N+]([O-])c1cc(F)ccc1N1CCCCC1.[2H]CF. The van der Waals surface area contributed by atoms with Crippen molar-refractivity contribution in [1.29, 1.82) is 0 Å². The van der Waals surface area contributed by atoms with E-state index in [0.717, 1.165) is 102 Å². The van der Waals surface area contributed by atoms with Crippen molar-refractivity contribution in [2.45, 2.75) is 117 Å². The minimum atomic E-state index is -1.03. The van der Waals surface area contributed by atoms with E-state index in [9.17, 15) is 56.2 Å². The van der Waals surface area contributed by atoms with Gasteiger partial charge >= 0.3 is 5.69 Å². The minimum absolute atomic E-state index is 0. The van der Waals surface area contributed by atoms with Gasteiger partial charge in [0.15, 0.2) is 0 Å². The third-order valence-electron chi connectivity index (χ3n) is 14.2. The summed E-state index contributed by atoms with van der Waals surface area (Å²) in [6, 6.07) is 21.4. The third kappa shape index (κ3) is 35.2. The fourth-order valence-corrected chi connectivity index (χ4v) is 9.68. The molecule has 4 fully saturated rings. The summed E-state index contributed by atoms with van der Waals surface area (Å²) in [6.07, 6.45) is 25.6. The number of nitro groups is 2. The second kappa shape index (κ2) is 52.4. The number of aliphatic hydroxyl groups is 1. The number of nitrogens with one attached hydrogen (secondary N) is 1. The Morgan fingerprint density at radius 3 is 1.24 bits per heavy atom. The predicted molar refractivity (Wildman–Crippen MR) is 368 cm³/mol. The number of alkyl halides is 3. The molecule has 4 aliphatic rings. The van der Waals surface area contributed by atoms with Gasteiger partial charge in [0.05, 0.1) is 58.6 Å². The molecule has 0 radical (unpaired) electrons. The van der Waals surface area contributed by atoms with Gasteiger partial charge in [-0.05, 0) is 174 Å². The molecule has 1 saturated carbocycles. The number of rotatable bonds is 11. The van der Waals surface area contributed by atoms with Crippen molar-refractivity contribution in [3.8, 4) is 0 Å². The standard InChI is InChI=1S/C17H18FN3O.C11H13FN2O2.C11H15FN2.C6H4ClNO.C6H3F2NO2.C6H15N.C6H12.CH2Cl2.CH3F.CH4O.ClH/c18-14-4-5-16(21-10-2-1-3-11-21)15(12-14)20-17(22)13-6-8-19-9-7-13;12-9-4-5-10(11(8-9)14(15)16)13-6-2-1-3-7-13;12-9-4-5-11(10(13)8-9)14-6-2-1-3-7-14;7-6(9)5-1-3-8-4-2-5;7-4-1-2-5(8)6(3-4)9(10)11;1-4-7(5-2)6-3;1-2-4-6-5-3-1;2-1-3;2*1-2;/h4-9,12H,1-3,10-11H2,(H,20,22);4-5,8H,1-3,6-7H2;4-5,8H,1-3,6-7,13H2;1-4H;1-3H;4-6H2,1-3H3;1-6H2;1H2;1H3;2H,1H3;1H/i;;;;;;;;1D;;. The van der Waals surface area contributed by atoms with Crippen LogP contribution in [0.4, 0.5) is 66.2 Å². The zero-order valence-corrected chi connectivity index (χ0v) is 56.4. The van der Waals surface area contributed by atoms with E-state index in [4.69, 9.17) is 47.0 Å². The molecule has 3 saturated heterocycles. The lowest BCUT2D eigenvalue weighted by Gasteiger charge is -2.30. The first kappa shape index (κ1) is 84.0. The van der Waals surface area contributed by atoms with E-state index in [1.807, 2.05) is 4.90 Å². The van der Waals surface area contributed by atoms with Crippen molar-refractivity contribution < 1.29 is 52.3 Å². The average molecular weight is 1390 g/mol. The maximum atomic E-state index is 13.6. The van der Waals surface area contributed by atoms with Crippen molar-refractivity contribution in [1.82, 2.24) is 14.9 Å². The van der Waals surface area contributed by atoms with Crippen molar-refractivity contribution in [2.24, 2.45) is 0 Å². The fourth-order valence-electron chi connectivity index (χ4n) is 9.55. The number of piperidine rings is 3. The Bertz CT molecular complexity index is 3000. The van der Waals surface area contributed by atoms with E-state index in [-0.39, 0.29) is 41.0 Å². The van der Waals surface area contributed by atoms with Crippen LogP contribution in [-0.2, 0) is 0 Å².